The second-order valence-electron chi connectivity index (χ2n) is 6.58. The van der Waals surface area contributed by atoms with Crippen LogP contribution in [0.2, 0.25) is 0 Å². The van der Waals surface area contributed by atoms with E-state index in [0.717, 1.165) is 4.31 Å². The predicted octanol–water partition coefficient (Wildman–Crippen LogP) is 1.13. The molecule has 1 aliphatic rings. The Morgan fingerprint density at radius 2 is 1.92 bits per heavy atom. The summed E-state index contributed by atoms with van der Waals surface area (Å²) in [6.45, 7) is 7.02. The van der Waals surface area contributed by atoms with Crippen LogP contribution in [0.5, 0.6) is 0 Å². The summed E-state index contributed by atoms with van der Waals surface area (Å²) in [6, 6.07) is 3.56. The molecule has 9 heteroatoms. The van der Waals surface area contributed by atoms with Crippen molar-refractivity contribution >= 4 is 34.2 Å². The molecule has 2 rings (SSSR count). The van der Waals surface area contributed by atoms with Gasteiger partial charge < -0.3 is 11.1 Å². The van der Waals surface area contributed by atoms with Gasteiger partial charge >= 0.3 is 0 Å². The zero-order valence-electron chi connectivity index (χ0n) is 14.0. The van der Waals surface area contributed by atoms with Crippen molar-refractivity contribution in [1.82, 2.24) is 9.62 Å². The molecular formula is C15H22ClN3O4S. The van der Waals surface area contributed by atoms with Crippen molar-refractivity contribution in [3.8, 4) is 0 Å². The van der Waals surface area contributed by atoms with Crippen LogP contribution in [-0.4, -0.2) is 42.7 Å². The summed E-state index contributed by atoms with van der Waals surface area (Å²) in [5.74, 6) is -0.998. The molecule has 1 heterocycles. The standard InChI is InChI=1S/C15H21N3O4S.ClH/c1-9(2)18-14(20)11-6-5-10(7-12(11)23(18,21)22)13(19)17-8-15(3,4)16;/h5-7,9H,8,16H2,1-4H3,(H,17,19);1H. The first-order chi connectivity index (χ1) is 10.4. The average Bonchev–Trinajstić information content (AvgIpc) is 2.62. The molecule has 7 nitrogen and oxygen atoms in total. The van der Waals surface area contributed by atoms with Crippen LogP contribution in [0, 0.1) is 0 Å². The number of sulfonamides is 1. The number of fused-ring (bicyclic) bond motifs is 1. The number of hydrogen-bond acceptors (Lipinski definition) is 5. The van der Waals surface area contributed by atoms with E-state index in [2.05, 4.69) is 5.32 Å². The largest absolute Gasteiger partial charge is 0.350 e. The summed E-state index contributed by atoms with van der Waals surface area (Å²) in [5.41, 5.74) is 5.49. The highest BCUT2D eigenvalue weighted by atomic mass is 35.5. The first-order valence-electron chi connectivity index (χ1n) is 7.25. The van der Waals surface area contributed by atoms with Gasteiger partial charge in [-0.2, -0.15) is 0 Å². The number of carbonyl (C=O) groups excluding carboxylic acids is 2. The molecule has 1 aliphatic heterocycles. The molecular weight excluding hydrogens is 354 g/mol. The van der Waals surface area contributed by atoms with Crippen LogP contribution in [-0.2, 0) is 10.0 Å². The highest BCUT2D eigenvalue weighted by molar-refractivity contribution is 7.90. The van der Waals surface area contributed by atoms with Crippen molar-refractivity contribution in [1.29, 1.82) is 0 Å². The van der Waals surface area contributed by atoms with Crippen LogP contribution >= 0.6 is 12.4 Å². The van der Waals surface area contributed by atoms with Crippen LogP contribution in [0.15, 0.2) is 23.1 Å². The van der Waals surface area contributed by atoms with Crippen LogP contribution in [0.25, 0.3) is 0 Å². The molecule has 0 aromatic heterocycles. The van der Waals surface area contributed by atoms with Crippen LogP contribution in [0.3, 0.4) is 0 Å². The summed E-state index contributed by atoms with van der Waals surface area (Å²) in [6.07, 6.45) is 0. The fourth-order valence-corrected chi connectivity index (χ4v) is 4.10. The van der Waals surface area contributed by atoms with Crippen molar-refractivity contribution in [2.24, 2.45) is 5.73 Å². The first-order valence-corrected chi connectivity index (χ1v) is 8.69. The molecule has 0 spiro atoms. The Balaban J connectivity index is 0.00000288. The maximum Gasteiger partial charge on any atom is 0.269 e. The molecule has 0 atom stereocenters. The number of amides is 2. The lowest BCUT2D eigenvalue weighted by Gasteiger charge is -2.19. The average molecular weight is 376 g/mol. The quantitative estimate of drug-likeness (QED) is 0.819. The van der Waals surface area contributed by atoms with Crippen molar-refractivity contribution in [3.63, 3.8) is 0 Å². The molecule has 0 radical (unpaired) electrons. The van der Waals surface area contributed by atoms with E-state index in [1.54, 1.807) is 27.7 Å². The van der Waals surface area contributed by atoms with Crippen molar-refractivity contribution in [3.05, 3.63) is 29.3 Å². The summed E-state index contributed by atoms with van der Waals surface area (Å²) in [7, 11) is -3.92. The normalized spacial score (nSPS) is 15.9. The van der Waals surface area contributed by atoms with E-state index in [-0.39, 0.29) is 35.0 Å². The smallest absolute Gasteiger partial charge is 0.269 e. The molecule has 0 aliphatic carbocycles. The summed E-state index contributed by atoms with van der Waals surface area (Å²) >= 11 is 0. The fourth-order valence-electron chi connectivity index (χ4n) is 2.31. The monoisotopic (exact) mass is 375 g/mol. The number of carbonyl (C=O) groups is 2. The second kappa shape index (κ2) is 6.70. The van der Waals surface area contributed by atoms with E-state index in [1.165, 1.54) is 18.2 Å². The summed E-state index contributed by atoms with van der Waals surface area (Å²) < 4.78 is 25.8. The molecule has 3 N–H and O–H groups in total. The minimum atomic E-state index is -3.92. The van der Waals surface area contributed by atoms with E-state index in [0.29, 0.717) is 0 Å². The minimum Gasteiger partial charge on any atom is -0.350 e. The van der Waals surface area contributed by atoms with Gasteiger partial charge in [0.2, 0.25) is 0 Å². The lowest BCUT2D eigenvalue weighted by molar-refractivity contribution is 0.0845. The molecule has 0 saturated carbocycles. The molecule has 0 unspecified atom stereocenters. The Labute approximate surface area is 148 Å². The SMILES string of the molecule is CC(C)N1C(=O)c2ccc(C(=O)NCC(C)(C)N)cc2S1(=O)=O.Cl. The Bertz CT molecular complexity index is 769. The Morgan fingerprint density at radius 1 is 1.33 bits per heavy atom. The topological polar surface area (TPSA) is 110 Å². The van der Waals surface area contributed by atoms with Gasteiger partial charge in [0.05, 0.1) is 5.56 Å². The van der Waals surface area contributed by atoms with Gasteiger partial charge in [-0.05, 0) is 45.9 Å². The van der Waals surface area contributed by atoms with Crippen molar-refractivity contribution < 1.29 is 18.0 Å². The lowest BCUT2D eigenvalue weighted by Crippen LogP contribution is -2.45. The molecule has 24 heavy (non-hydrogen) atoms. The fraction of sp³-hybridized carbons (Fsp3) is 0.467. The maximum absolute atomic E-state index is 12.5. The van der Waals surface area contributed by atoms with Gasteiger partial charge in [0.25, 0.3) is 21.8 Å². The van der Waals surface area contributed by atoms with Gasteiger partial charge in [-0.25, -0.2) is 12.7 Å². The predicted molar refractivity (Wildman–Crippen MR) is 92.8 cm³/mol. The number of nitrogens with two attached hydrogens (primary N) is 1. The maximum atomic E-state index is 12.5. The Kier molecular flexibility index (Phi) is 5.69. The Hall–Kier alpha value is -1.64. The van der Waals surface area contributed by atoms with Gasteiger partial charge in [-0.1, -0.05) is 0 Å². The number of nitrogens with zero attached hydrogens (tertiary/aromatic N) is 1. The summed E-state index contributed by atoms with van der Waals surface area (Å²) in [4.78, 5) is 24.2. The van der Waals surface area contributed by atoms with Gasteiger partial charge in [0.15, 0.2) is 0 Å². The van der Waals surface area contributed by atoms with E-state index < -0.39 is 33.4 Å². The third kappa shape index (κ3) is 3.71. The van der Waals surface area contributed by atoms with Crippen molar-refractivity contribution in [2.75, 3.05) is 6.54 Å². The van der Waals surface area contributed by atoms with E-state index in [9.17, 15) is 18.0 Å². The van der Waals surface area contributed by atoms with E-state index >= 15 is 0 Å². The third-order valence-corrected chi connectivity index (χ3v) is 5.38. The molecule has 0 bridgehead atoms. The summed E-state index contributed by atoms with van der Waals surface area (Å²) in [5, 5.41) is 2.65. The van der Waals surface area contributed by atoms with E-state index in [4.69, 9.17) is 5.73 Å². The van der Waals surface area contributed by atoms with Gasteiger partial charge in [-0.3, -0.25) is 9.59 Å². The van der Waals surface area contributed by atoms with Gasteiger partial charge in [-0.15, -0.1) is 12.4 Å². The third-order valence-electron chi connectivity index (χ3n) is 3.38. The molecule has 0 saturated heterocycles. The molecule has 134 valence electrons. The molecule has 2 amide bonds. The minimum absolute atomic E-state index is 0. The number of hydrogen-bond donors (Lipinski definition) is 2. The van der Waals surface area contributed by atoms with Crippen LogP contribution in [0.4, 0.5) is 0 Å². The molecule has 0 fully saturated rings. The first kappa shape index (κ1) is 20.4. The van der Waals surface area contributed by atoms with Gasteiger partial charge in [0.1, 0.15) is 4.90 Å². The van der Waals surface area contributed by atoms with Crippen LogP contribution in [0.1, 0.15) is 48.4 Å². The highest BCUT2D eigenvalue weighted by Gasteiger charge is 2.42. The molecule has 1 aromatic carbocycles. The lowest BCUT2D eigenvalue weighted by atomic mass is 10.1. The van der Waals surface area contributed by atoms with Crippen LogP contribution < -0.4 is 11.1 Å². The Morgan fingerprint density at radius 3 is 2.42 bits per heavy atom. The zero-order valence-corrected chi connectivity index (χ0v) is 15.6. The highest BCUT2D eigenvalue weighted by Crippen LogP contribution is 2.32. The number of rotatable bonds is 4. The second-order valence-corrected chi connectivity index (χ2v) is 8.37. The van der Waals surface area contributed by atoms with Crippen molar-refractivity contribution in [2.45, 2.75) is 44.2 Å². The number of benzene rings is 1. The number of halogens is 1. The number of nitrogens with one attached hydrogen (secondary N) is 1. The van der Waals surface area contributed by atoms with Gasteiger partial charge in [0, 0.05) is 23.7 Å². The van der Waals surface area contributed by atoms with E-state index in [1.807, 2.05) is 0 Å². The molecule has 1 aromatic rings. The zero-order chi connectivity index (χ0) is 17.6.